The van der Waals surface area contributed by atoms with Crippen LogP contribution in [0.15, 0.2) is 194 Å². The zero-order valence-electron chi connectivity index (χ0n) is 29.5. The van der Waals surface area contributed by atoms with E-state index in [1.54, 1.807) is 24.3 Å². The summed E-state index contributed by atoms with van der Waals surface area (Å²) < 4.78 is 16.6. The molecule has 6 nitrogen and oxygen atoms in total. The zero-order valence-corrected chi connectivity index (χ0v) is 30.3. The highest BCUT2D eigenvalue weighted by Crippen LogP contribution is 2.39. The van der Waals surface area contributed by atoms with Crippen LogP contribution in [-0.4, -0.2) is 28.8 Å². The van der Waals surface area contributed by atoms with E-state index in [0.29, 0.717) is 0 Å². The van der Waals surface area contributed by atoms with E-state index < -0.39 is 11.6 Å². The molecule has 8 rings (SSSR count). The van der Waals surface area contributed by atoms with E-state index in [9.17, 15) is 20.4 Å². The molecule has 8 aromatic carbocycles. The first kappa shape index (κ1) is 37.5. The molecule has 0 saturated carbocycles. The van der Waals surface area contributed by atoms with Gasteiger partial charge in [0.1, 0.15) is 23.0 Å². The smallest absolute Gasteiger partial charge is 0.335 e. The van der Waals surface area contributed by atoms with Crippen LogP contribution in [0.1, 0.15) is 0 Å². The van der Waals surface area contributed by atoms with Crippen molar-refractivity contribution in [3.63, 3.8) is 0 Å². The van der Waals surface area contributed by atoms with Crippen molar-refractivity contribution in [1.82, 2.24) is 0 Å². The summed E-state index contributed by atoms with van der Waals surface area (Å²) in [7, 11) is 0. The Morgan fingerprint density at radius 3 is 0.618 bits per heavy atom. The molecule has 7 heteroatoms. The fraction of sp³-hybridized carbons (Fsp3) is 0. The maximum Gasteiger partial charge on any atom is 0.335 e. The number of hydrogen-bond acceptors (Lipinski definition) is 6. The average molecular weight is 741 g/mol. The van der Waals surface area contributed by atoms with Crippen LogP contribution in [-0.2, 0) is 11.6 Å². The summed E-state index contributed by atoms with van der Waals surface area (Å²) in [6, 6.07) is 61.6. The van der Waals surface area contributed by atoms with Crippen LogP contribution >= 0.6 is 0 Å². The first-order valence-electron chi connectivity index (χ1n) is 17.3. The molecule has 0 unspecified atom stereocenters. The summed E-state index contributed by atoms with van der Waals surface area (Å²) in [6.07, 6.45) is 0. The van der Waals surface area contributed by atoms with E-state index >= 15 is 0 Å². The molecule has 0 saturated heterocycles. The number of rotatable bonds is 6. The third kappa shape index (κ3) is 9.24. The molecule has 0 heterocycles. The Kier molecular flexibility index (Phi) is 12.3. The first-order valence-corrected chi connectivity index (χ1v) is 18.0. The van der Waals surface area contributed by atoms with Crippen molar-refractivity contribution in [2.75, 3.05) is 0 Å². The first-order chi connectivity index (χ1) is 26.9. The van der Waals surface area contributed by atoms with Gasteiger partial charge in [0, 0.05) is 22.3 Å². The Labute approximate surface area is 323 Å². The van der Waals surface area contributed by atoms with Gasteiger partial charge in [-0.1, -0.05) is 146 Å². The normalized spacial score (nSPS) is 10.3. The summed E-state index contributed by atoms with van der Waals surface area (Å²) in [6.45, 7) is 0. The molecule has 8 aromatic rings. The SMILES string of the molecule is O=S=O.Oc1ccc(-c2ccc(O)c(-c3ccccc3)c2)cc1-c1ccccc1.Oc1ccc(-c2ccc(O)c(-c3ccccc3)c2)cc1-c1ccccc1. The van der Waals surface area contributed by atoms with Gasteiger partial charge >= 0.3 is 11.6 Å². The lowest BCUT2D eigenvalue weighted by molar-refractivity contribution is 0.476. The molecule has 0 aromatic heterocycles. The van der Waals surface area contributed by atoms with Crippen LogP contribution in [0.4, 0.5) is 0 Å². The fourth-order valence-corrected chi connectivity index (χ4v) is 6.26. The number of hydrogen-bond donors (Lipinski definition) is 4. The molecule has 0 radical (unpaired) electrons. The minimum atomic E-state index is -0.750. The lowest BCUT2D eigenvalue weighted by Gasteiger charge is -2.11. The average Bonchev–Trinajstić information content (AvgIpc) is 3.23. The van der Waals surface area contributed by atoms with Gasteiger partial charge in [-0.2, -0.15) is 8.42 Å². The van der Waals surface area contributed by atoms with Gasteiger partial charge in [0.15, 0.2) is 0 Å². The van der Waals surface area contributed by atoms with Crippen molar-refractivity contribution in [2.45, 2.75) is 0 Å². The zero-order chi connectivity index (χ0) is 38.6. The highest BCUT2D eigenvalue weighted by molar-refractivity contribution is 7.51. The second kappa shape index (κ2) is 18.0. The van der Waals surface area contributed by atoms with Gasteiger partial charge in [0.05, 0.1) is 0 Å². The van der Waals surface area contributed by atoms with E-state index in [0.717, 1.165) is 66.8 Å². The van der Waals surface area contributed by atoms with Crippen molar-refractivity contribution >= 4 is 11.6 Å². The van der Waals surface area contributed by atoms with Gasteiger partial charge in [-0.15, -0.1) is 0 Å². The molecule has 270 valence electrons. The maximum absolute atomic E-state index is 10.3. The van der Waals surface area contributed by atoms with E-state index in [1.807, 2.05) is 170 Å². The van der Waals surface area contributed by atoms with Gasteiger partial charge in [0.25, 0.3) is 0 Å². The van der Waals surface area contributed by atoms with Crippen LogP contribution in [0, 0.1) is 0 Å². The molecule has 0 amide bonds. The lowest BCUT2D eigenvalue weighted by atomic mass is 9.95. The summed E-state index contributed by atoms with van der Waals surface area (Å²) >= 11 is -0.750. The third-order valence-electron chi connectivity index (χ3n) is 8.99. The number of aromatic hydroxyl groups is 4. The Balaban J connectivity index is 0.000000175. The van der Waals surface area contributed by atoms with Crippen molar-refractivity contribution < 1.29 is 28.8 Å². The molecule has 0 atom stereocenters. The number of phenols is 4. The minimum Gasteiger partial charge on any atom is -0.507 e. The highest BCUT2D eigenvalue weighted by Gasteiger charge is 2.12. The molecule has 0 aliphatic heterocycles. The van der Waals surface area contributed by atoms with Crippen LogP contribution in [0.25, 0.3) is 66.8 Å². The Bertz CT molecular complexity index is 2190. The van der Waals surface area contributed by atoms with Crippen LogP contribution in [0.2, 0.25) is 0 Å². The van der Waals surface area contributed by atoms with Crippen molar-refractivity contribution in [2.24, 2.45) is 0 Å². The van der Waals surface area contributed by atoms with E-state index in [2.05, 4.69) is 0 Å². The third-order valence-corrected chi connectivity index (χ3v) is 8.99. The lowest BCUT2D eigenvalue weighted by Crippen LogP contribution is -1.85. The minimum absolute atomic E-state index is 0.252. The van der Waals surface area contributed by atoms with Crippen molar-refractivity contribution in [3.05, 3.63) is 194 Å². The molecule has 0 fully saturated rings. The summed E-state index contributed by atoms with van der Waals surface area (Å²) in [5.41, 5.74) is 11.0. The van der Waals surface area contributed by atoms with Gasteiger partial charge in [-0.25, -0.2) is 0 Å². The second-order valence-electron chi connectivity index (χ2n) is 12.5. The Morgan fingerprint density at radius 1 is 0.255 bits per heavy atom. The molecule has 0 aliphatic carbocycles. The number of benzene rings is 8. The monoisotopic (exact) mass is 740 g/mol. The molecule has 55 heavy (non-hydrogen) atoms. The summed E-state index contributed by atoms with van der Waals surface area (Å²) in [5, 5.41) is 41.1. The van der Waals surface area contributed by atoms with E-state index in [1.165, 1.54) is 0 Å². The van der Waals surface area contributed by atoms with Gasteiger partial charge in [-0.3, -0.25) is 0 Å². The van der Waals surface area contributed by atoms with Gasteiger partial charge in [-0.05, 0) is 93.0 Å². The molecule has 0 spiro atoms. The predicted molar refractivity (Wildman–Crippen MR) is 221 cm³/mol. The van der Waals surface area contributed by atoms with Crippen LogP contribution in [0.3, 0.4) is 0 Å². The fourth-order valence-electron chi connectivity index (χ4n) is 6.26. The highest BCUT2D eigenvalue weighted by atomic mass is 32.1. The summed E-state index contributed by atoms with van der Waals surface area (Å²) in [4.78, 5) is 0. The van der Waals surface area contributed by atoms with Crippen molar-refractivity contribution in [1.29, 1.82) is 0 Å². The Hall–Kier alpha value is -7.22. The van der Waals surface area contributed by atoms with E-state index in [4.69, 9.17) is 8.42 Å². The largest absolute Gasteiger partial charge is 0.507 e. The quantitative estimate of drug-likeness (QED) is 0.135. The van der Waals surface area contributed by atoms with Gasteiger partial charge < -0.3 is 20.4 Å². The van der Waals surface area contributed by atoms with Gasteiger partial charge in [0.2, 0.25) is 0 Å². The molecular weight excluding hydrogens is 705 g/mol. The number of phenolic OH excluding ortho intramolecular Hbond substituents is 4. The van der Waals surface area contributed by atoms with Crippen LogP contribution in [0.5, 0.6) is 23.0 Å². The second-order valence-corrected chi connectivity index (χ2v) is 12.6. The molecular formula is C48H36O6S. The Morgan fingerprint density at radius 2 is 0.436 bits per heavy atom. The standard InChI is InChI=1S/2C24H18O2.O2S/c2*25-23-13-11-19(15-21(23)17-7-3-1-4-8-17)20-12-14-24(26)22(16-20)18-9-5-2-6-10-18;1-3-2/h2*1-16,25-26H;. The predicted octanol–water partition coefficient (Wildman–Crippen LogP) is 11.5. The van der Waals surface area contributed by atoms with E-state index in [-0.39, 0.29) is 23.0 Å². The molecule has 0 bridgehead atoms. The molecule has 0 aliphatic rings. The molecule has 4 N–H and O–H groups in total. The summed E-state index contributed by atoms with van der Waals surface area (Å²) in [5.74, 6) is 1.01. The topological polar surface area (TPSA) is 115 Å². The maximum atomic E-state index is 10.3. The van der Waals surface area contributed by atoms with Crippen LogP contribution < -0.4 is 0 Å². The van der Waals surface area contributed by atoms with Crippen molar-refractivity contribution in [3.8, 4) is 89.8 Å².